The van der Waals surface area contributed by atoms with Gasteiger partial charge in [0.2, 0.25) is 0 Å². The van der Waals surface area contributed by atoms with Gasteiger partial charge in [-0.3, -0.25) is 4.79 Å². The molecule has 1 amide bonds. The fourth-order valence-electron chi connectivity index (χ4n) is 2.49. The summed E-state index contributed by atoms with van der Waals surface area (Å²) in [6.07, 6.45) is 1.95. The van der Waals surface area contributed by atoms with Crippen LogP contribution >= 0.6 is 11.6 Å². The minimum absolute atomic E-state index is 0.257. The molecule has 0 aliphatic heterocycles. The smallest absolute Gasteiger partial charge is 0.273 e. The highest BCUT2D eigenvalue weighted by atomic mass is 35.5. The Morgan fingerprint density at radius 1 is 1.21 bits per heavy atom. The lowest BCUT2D eigenvalue weighted by atomic mass is 10.1. The van der Waals surface area contributed by atoms with Gasteiger partial charge in [-0.2, -0.15) is 0 Å². The molecule has 0 fully saturated rings. The standard InChI is InChI=1S/C19H17ClN2O2/c1-13-5-4-7-15(11-13)18-17(22-12-24-18)19(23)21-10-9-14-6-2-3-8-16(14)20/h2-8,11-12H,9-10H2,1H3,(H,21,23). The number of nitrogens with one attached hydrogen (secondary N) is 1. The highest BCUT2D eigenvalue weighted by molar-refractivity contribution is 6.31. The minimum atomic E-state index is -0.257. The Morgan fingerprint density at radius 2 is 2.04 bits per heavy atom. The molecule has 0 radical (unpaired) electrons. The summed E-state index contributed by atoms with van der Waals surface area (Å²) in [6.45, 7) is 2.46. The Balaban J connectivity index is 1.68. The van der Waals surface area contributed by atoms with E-state index < -0.39 is 0 Å². The molecule has 2 aromatic carbocycles. The van der Waals surface area contributed by atoms with E-state index in [1.807, 2.05) is 55.5 Å². The lowest BCUT2D eigenvalue weighted by Crippen LogP contribution is -2.26. The second-order valence-corrected chi connectivity index (χ2v) is 5.90. The van der Waals surface area contributed by atoms with Crippen LogP contribution in [0.2, 0.25) is 5.02 Å². The molecule has 1 aromatic heterocycles. The van der Waals surface area contributed by atoms with Crippen LogP contribution in [0.5, 0.6) is 0 Å². The van der Waals surface area contributed by atoms with E-state index in [2.05, 4.69) is 10.3 Å². The van der Waals surface area contributed by atoms with Gasteiger partial charge in [0.25, 0.3) is 5.91 Å². The molecular formula is C19H17ClN2O2. The zero-order valence-corrected chi connectivity index (χ0v) is 14.0. The first-order valence-electron chi connectivity index (χ1n) is 7.67. The monoisotopic (exact) mass is 340 g/mol. The first-order chi connectivity index (χ1) is 11.6. The van der Waals surface area contributed by atoms with Gasteiger partial charge in [0.1, 0.15) is 0 Å². The fourth-order valence-corrected chi connectivity index (χ4v) is 2.72. The van der Waals surface area contributed by atoms with Gasteiger partial charge >= 0.3 is 0 Å². The number of hydrogen-bond donors (Lipinski definition) is 1. The van der Waals surface area contributed by atoms with Gasteiger partial charge in [0.05, 0.1) is 0 Å². The fraction of sp³-hybridized carbons (Fsp3) is 0.158. The molecule has 1 N–H and O–H groups in total. The summed E-state index contributed by atoms with van der Waals surface area (Å²) in [5.74, 6) is 0.223. The van der Waals surface area contributed by atoms with E-state index in [0.29, 0.717) is 29.4 Å². The van der Waals surface area contributed by atoms with Crippen molar-refractivity contribution >= 4 is 17.5 Å². The van der Waals surface area contributed by atoms with E-state index in [4.69, 9.17) is 16.0 Å². The molecule has 0 saturated heterocycles. The van der Waals surface area contributed by atoms with Crippen LogP contribution in [-0.4, -0.2) is 17.4 Å². The number of oxazole rings is 1. The third-order valence-corrected chi connectivity index (χ3v) is 4.07. The lowest BCUT2D eigenvalue weighted by Gasteiger charge is -2.06. The van der Waals surface area contributed by atoms with Crippen molar-refractivity contribution in [2.75, 3.05) is 6.54 Å². The molecule has 0 spiro atoms. The molecule has 0 atom stereocenters. The zero-order chi connectivity index (χ0) is 16.9. The summed E-state index contributed by atoms with van der Waals surface area (Å²) in [6, 6.07) is 15.4. The van der Waals surface area contributed by atoms with E-state index >= 15 is 0 Å². The SMILES string of the molecule is Cc1cccc(-c2ocnc2C(=O)NCCc2ccccc2Cl)c1. The van der Waals surface area contributed by atoms with Gasteiger partial charge in [-0.25, -0.2) is 4.98 Å². The number of hydrogen-bond acceptors (Lipinski definition) is 3. The molecule has 0 unspecified atom stereocenters. The number of carbonyl (C=O) groups is 1. The van der Waals surface area contributed by atoms with Crippen LogP contribution in [0.15, 0.2) is 59.3 Å². The lowest BCUT2D eigenvalue weighted by molar-refractivity contribution is 0.0950. The summed E-state index contributed by atoms with van der Waals surface area (Å²) in [4.78, 5) is 16.5. The Bertz CT molecular complexity index is 858. The summed E-state index contributed by atoms with van der Waals surface area (Å²) in [7, 11) is 0. The van der Waals surface area contributed by atoms with Crippen LogP contribution in [0, 0.1) is 6.92 Å². The summed E-state index contributed by atoms with van der Waals surface area (Å²) < 4.78 is 5.42. The third-order valence-electron chi connectivity index (χ3n) is 3.70. The maximum atomic E-state index is 12.4. The van der Waals surface area contributed by atoms with Crippen LogP contribution in [0.3, 0.4) is 0 Å². The summed E-state index contributed by atoms with van der Waals surface area (Å²) >= 11 is 6.12. The van der Waals surface area contributed by atoms with Crippen LogP contribution in [0.1, 0.15) is 21.6 Å². The Hall–Kier alpha value is -2.59. The average molecular weight is 341 g/mol. The predicted molar refractivity (Wildman–Crippen MR) is 94.2 cm³/mol. The van der Waals surface area contributed by atoms with E-state index in [-0.39, 0.29) is 5.91 Å². The van der Waals surface area contributed by atoms with Gasteiger partial charge in [0.15, 0.2) is 17.8 Å². The molecule has 0 bridgehead atoms. The van der Waals surface area contributed by atoms with Crippen molar-refractivity contribution < 1.29 is 9.21 Å². The highest BCUT2D eigenvalue weighted by Crippen LogP contribution is 2.24. The Labute approximate surface area is 145 Å². The number of halogens is 1. The number of amides is 1. The summed E-state index contributed by atoms with van der Waals surface area (Å²) in [5, 5.41) is 3.57. The number of aryl methyl sites for hydroxylation is 1. The minimum Gasteiger partial charge on any atom is -0.443 e. The maximum absolute atomic E-state index is 12.4. The van der Waals surface area contributed by atoms with E-state index in [1.165, 1.54) is 6.39 Å². The van der Waals surface area contributed by atoms with E-state index in [9.17, 15) is 4.79 Å². The second kappa shape index (κ2) is 7.32. The van der Waals surface area contributed by atoms with Crippen molar-refractivity contribution in [1.29, 1.82) is 0 Å². The molecule has 3 rings (SSSR count). The van der Waals surface area contributed by atoms with Crippen LogP contribution in [0.4, 0.5) is 0 Å². The van der Waals surface area contributed by atoms with Crippen LogP contribution < -0.4 is 5.32 Å². The molecule has 122 valence electrons. The Morgan fingerprint density at radius 3 is 2.83 bits per heavy atom. The molecule has 3 aromatic rings. The first kappa shape index (κ1) is 16.3. The molecule has 5 heteroatoms. The number of aromatic nitrogens is 1. The highest BCUT2D eigenvalue weighted by Gasteiger charge is 2.18. The number of nitrogens with zero attached hydrogens (tertiary/aromatic N) is 1. The molecule has 24 heavy (non-hydrogen) atoms. The zero-order valence-electron chi connectivity index (χ0n) is 13.3. The molecule has 0 aliphatic carbocycles. The molecule has 0 saturated carbocycles. The number of benzene rings is 2. The van der Waals surface area contributed by atoms with Crippen molar-refractivity contribution in [1.82, 2.24) is 10.3 Å². The third kappa shape index (κ3) is 3.66. The van der Waals surface area contributed by atoms with Crippen molar-refractivity contribution in [2.24, 2.45) is 0 Å². The Kier molecular flexibility index (Phi) is 4.96. The average Bonchev–Trinajstić information content (AvgIpc) is 3.06. The van der Waals surface area contributed by atoms with Crippen LogP contribution in [-0.2, 0) is 6.42 Å². The summed E-state index contributed by atoms with van der Waals surface area (Å²) in [5.41, 5.74) is 3.22. The first-order valence-corrected chi connectivity index (χ1v) is 8.05. The van der Waals surface area contributed by atoms with Crippen molar-refractivity contribution in [2.45, 2.75) is 13.3 Å². The van der Waals surface area contributed by atoms with E-state index in [1.54, 1.807) is 0 Å². The van der Waals surface area contributed by atoms with Gasteiger partial charge in [-0.05, 0) is 31.0 Å². The number of rotatable bonds is 5. The molecule has 0 aliphatic rings. The van der Waals surface area contributed by atoms with Crippen molar-refractivity contribution in [3.63, 3.8) is 0 Å². The van der Waals surface area contributed by atoms with Gasteiger partial charge < -0.3 is 9.73 Å². The maximum Gasteiger partial charge on any atom is 0.273 e. The second-order valence-electron chi connectivity index (χ2n) is 5.50. The largest absolute Gasteiger partial charge is 0.443 e. The van der Waals surface area contributed by atoms with Gasteiger partial charge in [0, 0.05) is 17.1 Å². The topological polar surface area (TPSA) is 55.1 Å². The molecule has 1 heterocycles. The van der Waals surface area contributed by atoms with Crippen molar-refractivity contribution in [3.8, 4) is 11.3 Å². The predicted octanol–water partition coefficient (Wildman–Crippen LogP) is 4.28. The number of carbonyl (C=O) groups excluding carboxylic acids is 1. The van der Waals surface area contributed by atoms with Gasteiger partial charge in [-0.1, -0.05) is 53.6 Å². The molecular weight excluding hydrogens is 324 g/mol. The molecule has 4 nitrogen and oxygen atoms in total. The quantitative estimate of drug-likeness (QED) is 0.754. The van der Waals surface area contributed by atoms with Crippen molar-refractivity contribution in [3.05, 3.63) is 76.8 Å². The van der Waals surface area contributed by atoms with Crippen LogP contribution in [0.25, 0.3) is 11.3 Å². The van der Waals surface area contributed by atoms with Gasteiger partial charge in [-0.15, -0.1) is 0 Å². The normalized spacial score (nSPS) is 10.6. The van der Waals surface area contributed by atoms with E-state index in [0.717, 1.165) is 16.7 Å².